The van der Waals surface area contributed by atoms with Crippen LogP contribution < -0.4 is 10.0 Å². The van der Waals surface area contributed by atoms with Gasteiger partial charge in [-0.3, -0.25) is 4.72 Å². The first-order chi connectivity index (χ1) is 12.7. The van der Waals surface area contributed by atoms with Crippen molar-refractivity contribution in [1.29, 1.82) is 0 Å². The molecule has 1 heterocycles. The number of halogens is 2. The Hall–Kier alpha value is -2.26. The number of rotatable bonds is 6. The Labute approximate surface area is 156 Å². The number of aromatic nitrogens is 1. The Morgan fingerprint density at radius 1 is 1.26 bits per heavy atom. The maximum Gasteiger partial charge on any atom is 0.263 e. The van der Waals surface area contributed by atoms with E-state index >= 15 is 0 Å². The van der Waals surface area contributed by atoms with Crippen LogP contribution in [-0.2, 0) is 10.0 Å². The highest BCUT2D eigenvalue weighted by Gasteiger charge is 2.38. The number of benzene rings is 1. The van der Waals surface area contributed by atoms with Gasteiger partial charge in [0.2, 0.25) is 0 Å². The van der Waals surface area contributed by atoms with Crippen LogP contribution in [0.5, 0.6) is 0 Å². The second kappa shape index (κ2) is 7.40. The lowest BCUT2D eigenvalue weighted by molar-refractivity contribution is 0.139. The fourth-order valence-electron chi connectivity index (χ4n) is 3.25. The van der Waals surface area contributed by atoms with E-state index in [4.69, 9.17) is 0 Å². The van der Waals surface area contributed by atoms with Gasteiger partial charge >= 0.3 is 0 Å². The minimum absolute atomic E-state index is 0.0535. The molecule has 2 atom stereocenters. The standard InChI is InChI=1S/C18H21F2N3O3S/c1-18(11-24)8-2-3-16(18)22-17-7-5-13(10-21-17)27(25,26)23-12-4-6-14(19)15(20)9-12/h4-7,9-10,16,23-24H,2-3,8,11H2,1H3,(H,21,22). The predicted octanol–water partition coefficient (Wildman–Crippen LogP) is 3.12. The third kappa shape index (κ3) is 4.19. The van der Waals surface area contributed by atoms with Crippen LogP contribution in [0.15, 0.2) is 41.4 Å². The molecule has 146 valence electrons. The van der Waals surface area contributed by atoms with E-state index in [0.29, 0.717) is 5.82 Å². The average Bonchev–Trinajstić information content (AvgIpc) is 3.00. The minimum Gasteiger partial charge on any atom is -0.396 e. The van der Waals surface area contributed by atoms with Crippen molar-refractivity contribution in [1.82, 2.24) is 4.98 Å². The zero-order chi connectivity index (χ0) is 19.7. The van der Waals surface area contributed by atoms with Crippen molar-refractivity contribution in [3.05, 3.63) is 48.2 Å². The molecule has 0 saturated heterocycles. The summed E-state index contributed by atoms with van der Waals surface area (Å²) in [5, 5.41) is 12.8. The van der Waals surface area contributed by atoms with Crippen molar-refractivity contribution < 1.29 is 22.3 Å². The second-order valence-corrected chi connectivity index (χ2v) is 8.70. The highest BCUT2D eigenvalue weighted by molar-refractivity contribution is 7.92. The molecule has 1 fully saturated rings. The van der Waals surface area contributed by atoms with E-state index in [2.05, 4.69) is 15.0 Å². The lowest BCUT2D eigenvalue weighted by atomic mass is 9.86. The third-order valence-corrected chi connectivity index (χ3v) is 6.35. The average molecular weight is 397 g/mol. The molecule has 0 bridgehead atoms. The van der Waals surface area contributed by atoms with Crippen LogP contribution in [0.4, 0.5) is 20.3 Å². The number of hydrogen-bond donors (Lipinski definition) is 3. The van der Waals surface area contributed by atoms with Crippen LogP contribution in [0.2, 0.25) is 0 Å². The summed E-state index contributed by atoms with van der Waals surface area (Å²) in [5.74, 6) is -1.69. The quantitative estimate of drug-likeness (QED) is 0.697. The van der Waals surface area contributed by atoms with E-state index in [9.17, 15) is 22.3 Å². The molecular formula is C18H21F2N3O3S. The number of anilines is 2. The summed E-state index contributed by atoms with van der Waals surface area (Å²) in [6, 6.07) is 5.72. The van der Waals surface area contributed by atoms with Gasteiger partial charge in [-0.1, -0.05) is 13.3 Å². The Morgan fingerprint density at radius 3 is 2.67 bits per heavy atom. The van der Waals surface area contributed by atoms with E-state index in [1.54, 1.807) is 0 Å². The first-order valence-electron chi connectivity index (χ1n) is 8.55. The SMILES string of the molecule is CC1(CO)CCCC1Nc1ccc(S(=O)(=O)Nc2ccc(F)c(F)c2)cn1. The van der Waals surface area contributed by atoms with Gasteiger partial charge in [-0.25, -0.2) is 22.2 Å². The maximum absolute atomic E-state index is 13.2. The summed E-state index contributed by atoms with van der Waals surface area (Å²) in [4.78, 5) is 4.03. The van der Waals surface area contributed by atoms with Gasteiger partial charge in [-0.15, -0.1) is 0 Å². The third-order valence-electron chi connectivity index (χ3n) is 4.98. The molecule has 6 nitrogen and oxygen atoms in total. The number of sulfonamides is 1. The first kappa shape index (κ1) is 19.5. The molecule has 1 saturated carbocycles. The van der Waals surface area contributed by atoms with E-state index in [1.165, 1.54) is 18.3 Å². The molecule has 0 amide bonds. The lowest BCUT2D eigenvalue weighted by Gasteiger charge is -2.30. The fourth-order valence-corrected chi connectivity index (χ4v) is 4.24. The molecule has 27 heavy (non-hydrogen) atoms. The number of pyridine rings is 1. The van der Waals surface area contributed by atoms with Crippen LogP contribution in [-0.4, -0.2) is 31.2 Å². The Bertz CT molecular complexity index is 922. The smallest absolute Gasteiger partial charge is 0.263 e. The van der Waals surface area contributed by atoms with Crippen molar-refractivity contribution in [2.75, 3.05) is 16.6 Å². The summed E-state index contributed by atoms with van der Waals surface area (Å²) in [5.41, 5.74) is -0.318. The van der Waals surface area contributed by atoms with Crippen LogP contribution in [0, 0.1) is 17.0 Å². The number of hydrogen-bond acceptors (Lipinski definition) is 5. The normalized spacial score (nSPS) is 22.6. The molecular weight excluding hydrogens is 376 g/mol. The molecule has 2 unspecified atom stereocenters. The van der Waals surface area contributed by atoms with Gasteiger partial charge in [0.1, 0.15) is 10.7 Å². The summed E-state index contributed by atoms with van der Waals surface area (Å²) in [6.45, 7) is 2.07. The number of aliphatic hydroxyl groups is 1. The van der Waals surface area contributed by atoms with E-state index in [1.807, 2.05) is 6.92 Å². The van der Waals surface area contributed by atoms with Crippen molar-refractivity contribution in [3.8, 4) is 0 Å². The lowest BCUT2D eigenvalue weighted by Crippen LogP contribution is -2.36. The highest BCUT2D eigenvalue weighted by atomic mass is 32.2. The highest BCUT2D eigenvalue weighted by Crippen LogP contribution is 2.39. The Balaban J connectivity index is 1.73. The van der Waals surface area contributed by atoms with Crippen LogP contribution in [0.25, 0.3) is 0 Å². The Morgan fingerprint density at radius 2 is 2.04 bits per heavy atom. The van der Waals surface area contributed by atoms with Crippen LogP contribution in [0.3, 0.4) is 0 Å². The number of nitrogens with one attached hydrogen (secondary N) is 2. The molecule has 3 N–H and O–H groups in total. The monoisotopic (exact) mass is 397 g/mol. The number of nitrogens with zero attached hydrogens (tertiary/aromatic N) is 1. The zero-order valence-electron chi connectivity index (χ0n) is 14.7. The molecule has 1 aliphatic carbocycles. The van der Waals surface area contributed by atoms with Gasteiger partial charge in [0, 0.05) is 23.7 Å². The molecule has 3 rings (SSSR count). The molecule has 1 aliphatic rings. The van der Waals surface area contributed by atoms with E-state index in [-0.39, 0.29) is 28.6 Å². The zero-order valence-corrected chi connectivity index (χ0v) is 15.6. The van der Waals surface area contributed by atoms with Crippen molar-refractivity contribution in [3.63, 3.8) is 0 Å². The molecule has 0 aliphatic heterocycles. The van der Waals surface area contributed by atoms with E-state index < -0.39 is 21.7 Å². The summed E-state index contributed by atoms with van der Waals surface area (Å²) >= 11 is 0. The fraction of sp³-hybridized carbons (Fsp3) is 0.389. The number of aliphatic hydroxyl groups excluding tert-OH is 1. The largest absolute Gasteiger partial charge is 0.396 e. The van der Waals surface area contributed by atoms with Gasteiger partial charge in [-0.05, 0) is 37.1 Å². The summed E-state index contributed by atoms with van der Waals surface area (Å²) < 4.78 is 53.2. The molecule has 2 aromatic rings. The van der Waals surface area contributed by atoms with Gasteiger partial charge < -0.3 is 10.4 Å². The van der Waals surface area contributed by atoms with Crippen molar-refractivity contribution in [2.45, 2.75) is 37.1 Å². The summed E-state index contributed by atoms with van der Waals surface area (Å²) in [7, 11) is -3.98. The van der Waals surface area contributed by atoms with Gasteiger partial charge in [0.05, 0.1) is 12.3 Å². The maximum atomic E-state index is 13.2. The predicted molar refractivity (Wildman–Crippen MR) is 97.9 cm³/mol. The minimum atomic E-state index is -3.98. The van der Waals surface area contributed by atoms with Gasteiger partial charge in [0.25, 0.3) is 10.0 Å². The van der Waals surface area contributed by atoms with E-state index in [0.717, 1.165) is 37.5 Å². The van der Waals surface area contributed by atoms with Gasteiger partial charge in [-0.2, -0.15) is 0 Å². The topological polar surface area (TPSA) is 91.3 Å². The second-order valence-electron chi connectivity index (χ2n) is 7.01. The summed E-state index contributed by atoms with van der Waals surface area (Å²) in [6.07, 6.45) is 4.00. The van der Waals surface area contributed by atoms with Crippen molar-refractivity contribution in [2.24, 2.45) is 5.41 Å². The van der Waals surface area contributed by atoms with Crippen LogP contribution in [0.1, 0.15) is 26.2 Å². The first-order valence-corrected chi connectivity index (χ1v) is 10.0. The molecule has 0 spiro atoms. The van der Waals surface area contributed by atoms with Crippen molar-refractivity contribution >= 4 is 21.5 Å². The molecule has 1 aromatic carbocycles. The Kier molecular flexibility index (Phi) is 5.34. The molecule has 1 aromatic heterocycles. The molecule has 9 heteroatoms. The van der Waals surface area contributed by atoms with Crippen LogP contribution >= 0.6 is 0 Å². The van der Waals surface area contributed by atoms with Gasteiger partial charge in [0.15, 0.2) is 11.6 Å². The molecule has 0 radical (unpaired) electrons.